The Balaban J connectivity index is 1.49. The van der Waals surface area contributed by atoms with E-state index in [2.05, 4.69) is 31.5 Å². The van der Waals surface area contributed by atoms with Gasteiger partial charge in [0.15, 0.2) is 11.5 Å². The average Bonchev–Trinajstić information content (AvgIpc) is 3.21. The smallest absolute Gasteiger partial charge is 0.255 e. The van der Waals surface area contributed by atoms with Gasteiger partial charge in [-0.2, -0.15) is 0 Å². The van der Waals surface area contributed by atoms with E-state index in [0.29, 0.717) is 34.9 Å². The Bertz CT molecular complexity index is 1070. The Hall–Kier alpha value is -3.39. The maximum Gasteiger partial charge on any atom is 0.255 e. The molecule has 0 spiro atoms. The van der Waals surface area contributed by atoms with Crippen LogP contribution in [0.2, 0.25) is 0 Å². The van der Waals surface area contributed by atoms with E-state index in [1.807, 2.05) is 18.2 Å². The summed E-state index contributed by atoms with van der Waals surface area (Å²) in [6.45, 7) is 0.503. The first kappa shape index (κ1) is 18.9. The molecule has 1 aromatic heterocycles. The molecule has 0 saturated heterocycles. The molecule has 146 valence electrons. The van der Waals surface area contributed by atoms with Gasteiger partial charge in [0, 0.05) is 29.0 Å². The van der Waals surface area contributed by atoms with Gasteiger partial charge in [-0.15, -0.1) is 0 Å². The molecule has 1 aliphatic rings. The highest BCUT2D eigenvalue weighted by molar-refractivity contribution is 9.10. The molecule has 0 atom stereocenters. The lowest BCUT2D eigenvalue weighted by Crippen LogP contribution is -2.25. The number of amides is 2. The number of hydrogen-bond acceptors (Lipinski definition) is 5. The summed E-state index contributed by atoms with van der Waals surface area (Å²) < 4.78 is 11.4. The zero-order valence-electron chi connectivity index (χ0n) is 15.1. The molecule has 0 fully saturated rings. The quantitative estimate of drug-likeness (QED) is 0.613. The standard InChI is InChI=1S/C21H16BrN3O4/c22-15-2-3-17(25-20(26)14-5-7-23-8-6-14)16(10-15)21(27)24-11-13-1-4-18-19(9-13)29-12-28-18/h1-10H,11-12H2,(H,24,27)(H,25,26). The molecule has 2 heterocycles. The summed E-state index contributed by atoms with van der Waals surface area (Å²) in [5.41, 5.74) is 2.09. The van der Waals surface area contributed by atoms with Gasteiger partial charge >= 0.3 is 0 Å². The number of rotatable bonds is 5. The lowest BCUT2D eigenvalue weighted by molar-refractivity contribution is 0.0951. The van der Waals surface area contributed by atoms with Crippen molar-refractivity contribution in [1.82, 2.24) is 10.3 Å². The molecular formula is C21H16BrN3O4. The maximum absolute atomic E-state index is 12.8. The van der Waals surface area contributed by atoms with Crippen molar-refractivity contribution in [3.63, 3.8) is 0 Å². The number of ether oxygens (including phenoxy) is 2. The van der Waals surface area contributed by atoms with Crippen LogP contribution in [-0.2, 0) is 6.54 Å². The minimum Gasteiger partial charge on any atom is -0.454 e. The second kappa shape index (κ2) is 8.32. The molecule has 29 heavy (non-hydrogen) atoms. The zero-order chi connectivity index (χ0) is 20.2. The van der Waals surface area contributed by atoms with Crippen LogP contribution in [-0.4, -0.2) is 23.6 Å². The molecule has 2 N–H and O–H groups in total. The molecule has 0 bridgehead atoms. The minimum atomic E-state index is -0.320. The number of fused-ring (bicyclic) bond motifs is 1. The Morgan fingerprint density at radius 2 is 1.76 bits per heavy atom. The first-order chi connectivity index (χ1) is 14.1. The molecule has 8 heteroatoms. The molecule has 1 aliphatic heterocycles. The summed E-state index contributed by atoms with van der Waals surface area (Å²) in [7, 11) is 0. The molecule has 4 rings (SSSR count). The summed E-state index contributed by atoms with van der Waals surface area (Å²) in [6, 6.07) is 13.8. The van der Waals surface area contributed by atoms with E-state index in [0.717, 1.165) is 10.0 Å². The summed E-state index contributed by atoms with van der Waals surface area (Å²) >= 11 is 3.37. The molecule has 2 aromatic carbocycles. The number of aromatic nitrogens is 1. The van der Waals surface area contributed by atoms with E-state index in [4.69, 9.17) is 9.47 Å². The van der Waals surface area contributed by atoms with Gasteiger partial charge in [0.2, 0.25) is 6.79 Å². The van der Waals surface area contributed by atoms with Crippen molar-refractivity contribution in [1.29, 1.82) is 0 Å². The predicted octanol–water partition coefficient (Wildman–Crippen LogP) is 3.76. The molecule has 2 amide bonds. The average molecular weight is 454 g/mol. The number of carbonyl (C=O) groups excluding carboxylic acids is 2. The topological polar surface area (TPSA) is 89.6 Å². The molecular weight excluding hydrogens is 438 g/mol. The largest absolute Gasteiger partial charge is 0.454 e. The third kappa shape index (κ3) is 4.38. The number of halogens is 1. The zero-order valence-corrected chi connectivity index (χ0v) is 16.7. The van der Waals surface area contributed by atoms with Crippen molar-refractivity contribution in [2.45, 2.75) is 6.54 Å². The molecule has 0 saturated carbocycles. The molecule has 0 unspecified atom stereocenters. The Morgan fingerprint density at radius 3 is 2.59 bits per heavy atom. The van der Waals surface area contributed by atoms with Crippen molar-refractivity contribution in [2.24, 2.45) is 0 Å². The van der Waals surface area contributed by atoms with Crippen LogP contribution in [0.1, 0.15) is 26.3 Å². The SMILES string of the molecule is O=C(Nc1ccc(Br)cc1C(=O)NCc1ccc2c(c1)OCO2)c1ccncc1. The highest BCUT2D eigenvalue weighted by Gasteiger charge is 2.17. The lowest BCUT2D eigenvalue weighted by Gasteiger charge is -2.12. The molecule has 0 aliphatic carbocycles. The Morgan fingerprint density at radius 1 is 0.966 bits per heavy atom. The van der Waals surface area contributed by atoms with Crippen molar-refractivity contribution >= 4 is 33.4 Å². The van der Waals surface area contributed by atoms with Gasteiger partial charge in [0.1, 0.15) is 0 Å². The monoisotopic (exact) mass is 453 g/mol. The van der Waals surface area contributed by atoms with Crippen molar-refractivity contribution in [3.05, 3.63) is 82.1 Å². The number of anilines is 1. The van der Waals surface area contributed by atoms with E-state index in [9.17, 15) is 9.59 Å². The fourth-order valence-electron chi connectivity index (χ4n) is 2.84. The number of nitrogens with zero attached hydrogens (tertiary/aromatic N) is 1. The second-order valence-electron chi connectivity index (χ2n) is 6.25. The van der Waals surface area contributed by atoms with Crippen molar-refractivity contribution in [3.8, 4) is 11.5 Å². The fourth-order valence-corrected chi connectivity index (χ4v) is 3.20. The van der Waals surface area contributed by atoms with Crippen LogP contribution in [0.25, 0.3) is 0 Å². The van der Waals surface area contributed by atoms with Crippen LogP contribution in [0, 0.1) is 0 Å². The van der Waals surface area contributed by atoms with Gasteiger partial charge in [-0.1, -0.05) is 22.0 Å². The van der Waals surface area contributed by atoms with Crippen LogP contribution in [0.4, 0.5) is 5.69 Å². The summed E-state index contributed by atoms with van der Waals surface area (Å²) in [6.07, 6.45) is 3.07. The van der Waals surface area contributed by atoms with Crippen LogP contribution in [0.15, 0.2) is 65.4 Å². The number of benzene rings is 2. The van der Waals surface area contributed by atoms with Gasteiger partial charge in [-0.05, 0) is 48.0 Å². The number of nitrogens with one attached hydrogen (secondary N) is 2. The van der Waals surface area contributed by atoms with E-state index < -0.39 is 0 Å². The molecule has 7 nitrogen and oxygen atoms in total. The minimum absolute atomic E-state index is 0.198. The summed E-state index contributed by atoms with van der Waals surface area (Å²) in [5.74, 6) is 0.714. The fraction of sp³-hybridized carbons (Fsp3) is 0.0952. The van der Waals surface area contributed by atoms with Crippen LogP contribution in [0.3, 0.4) is 0 Å². The Labute approximate surface area is 175 Å². The molecule has 0 radical (unpaired) electrons. The first-order valence-electron chi connectivity index (χ1n) is 8.78. The van der Waals surface area contributed by atoms with Gasteiger partial charge in [-0.3, -0.25) is 14.6 Å². The normalized spacial score (nSPS) is 11.8. The Kier molecular flexibility index (Phi) is 5.44. The highest BCUT2D eigenvalue weighted by atomic mass is 79.9. The van der Waals surface area contributed by atoms with Crippen LogP contribution >= 0.6 is 15.9 Å². The first-order valence-corrected chi connectivity index (χ1v) is 9.57. The lowest BCUT2D eigenvalue weighted by atomic mass is 10.1. The van der Waals surface area contributed by atoms with Gasteiger partial charge in [0.05, 0.1) is 11.3 Å². The van der Waals surface area contributed by atoms with E-state index >= 15 is 0 Å². The van der Waals surface area contributed by atoms with Crippen LogP contribution in [0.5, 0.6) is 11.5 Å². The van der Waals surface area contributed by atoms with E-state index in [1.165, 1.54) is 12.4 Å². The van der Waals surface area contributed by atoms with Crippen molar-refractivity contribution < 1.29 is 19.1 Å². The van der Waals surface area contributed by atoms with Gasteiger partial charge in [-0.25, -0.2) is 0 Å². The predicted molar refractivity (Wildman–Crippen MR) is 110 cm³/mol. The van der Waals surface area contributed by atoms with E-state index in [-0.39, 0.29) is 18.6 Å². The van der Waals surface area contributed by atoms with Gasteiger partial charge in [0.25, 0.3) is 11.8 Å². The van der Waals surface area contributed by atoms with E-state index in [1.54, 1.807) is 30.3 Å². The molecule has 3 aromatic rings. The number of pyridine rings is 1. The van der Waals surface area contributed by atoms with Crippen molar-refractivity contribution in [2.75, 3.05) is 12.1 Å². The third-order valence-electron chi connectivity index (χ3n) is 4.31. The highest BCUT2D eigenvalue weighted by Crippen LogP contribution is 2.32. The number of carbonyl (C=O) groups is 2. The maximum atomic E-state index is 12.8. The van der Waals surface area contributed by atoms with Crippen LogP contribution < -0.4 is 20.1 Å². The third-order valence-corrected chi connectivity index (χ3v) is 4.80. The summed E-state index contributed by atoms with van der Waals surface area (Å²) in [4.78, 5) is 29.1. The number of hydrogen-bond donors (Lipinski definition) is 2. The summed E-state index contributed by atoms with van der Waals surface area (Å²) in [5, 5.41) is 5.65. The van der Waals surface area contributed by atoms with Gasteiger partial charge < -0.3 is 20.1 Å². The second-order valence-corrected chi connectivity index (χ2v) is 7.17.